The van der Waals surface area contributed by atoms with E-state index in [1.807, 2.05) is 0 Å². The minimum absolute atomic E-state index is 0.0398. The first-order valence-corrected chi connectivity index (χ1v) is 7.69. The molecule has 0 atom stereocenters. The molecule has 3 N–H and O–H groups in total. The molecule has 0 heterocycles. The molecule has 138 valence electrons. The van der Waals surface area contributed by atoms with Gasteiger partial charge in [-0.25, -0.2) is 9.59 Å². The van der Waals surface area contributed by atoms with E-state index in [0.29, 0.717) is 6.61 Å². The second-order valence-electron chi connectivity index (χ2n) is 4.85. The molecule has 0 aliphatic rings. The SMILES string of the molecule is CCOC(=O)c1cc(NC(C)=O)c(OCC)cc1N/C=C(/C#N)C(=O)O. The Morgan fingerprint density at radius 3 is 2.42 bits per heavy atom. The van der Waals surface area contributed by atoms with Crippen LogP contribution in [0.3, 0.4) is 0 Å². The average Bonchev–Trinajstić information content (AvgIpc) is 2.56. The Kier molecular flexibility index (Phi) is 7.64. The summed E-state index contributed by atoms with van der Waals surface area (Å²) in [6.07, 6.45) is 0.953. The molecule has 0 fully saturated rings. The highest BCUT2D eigenvalue weighted by Gasteiger charge is 2.18. The van der Waals surface area contributed by atoms with Crippen molar-refractivity contribution in [2.75, 3.05) is 23.8 Å². The lowest BCUT2D eigenvalue weighted by molar-refractivity contribution is -0.132. The molecule has 26 heavy (non-hydrogen) atoms. The Labute approximate surface area is 150 Å². The minimum atomic E-state index is -1.42. The topological polar surface area (TPSA) is 138 Å². The van der Waals surface area contributed by atoms with Crippen molar-refractivity contribution >= 4 is 29.2 Å². The Morgan fingerprint density at radius 1 is 1.23 bits per heavy atom. The van der Waals surface area contributed by atoms with Crippen LogP contribution in [0.25, 0.3) is 0 Å². The maximum atomic E-state index is 12.2. The number of amides is 1. The molecule has 0 aliphatic carbocycles. The van der Waals surface area contributed by atoms with Gasteiger partial charge in [0.15, 0.2) is 5.57 Å². The van der Waals surface area contributed by atoms with Gasteiger partial charge in [-0.15, -0.1) is 0 Å². The standard InChI is InChI=1S/C17H19N3O6/c1-4-25-15-7-13(19-9-11(8-18)16(22)23)12(17(24)26-5-2)6-14(15)20-10(3)21/h6-7,9,19H,4-5H2,1-3H3,(H,20,21)(H,22,23)/b11-9-. The number of nitriles is 1. The highest BCUT2D eigenvalue weighted by molar-refractivity contribution is 6.00. The second kappa shape index (κ2) is 9.68. The maximum absolute atomic E-state index is 12.2. The Bertz CT molecular complexity index is 779. The molecule has 0 saturated heterocycles. The van der Waals surface area contributed by atoms with Crippen LogP contribution < -0.4 is 15.4 Å². The number of esters is 1. The molecule has 0 unspecified atom stereocenters. The number of rotatable bonds is 8. The summed E-state index contributed by atoms with van der Waals surface area (Å²) >= 11 is 0. The third-order valence-corrected chi connectivity index (χ3v) is 2.95. The quantitative estimate of drug-likeness (QED) is 0.364. The number of carboxylic acids is 1. The fourth-order valence-corrected chi connectivity index (χ4v) is 1.93. The number of anilines is 2. The van der Waals surface area contributed by atoms with Crippen LogP contribution in [0.5, 0.6) is 5.75 Å². The first-order chi connectivity index (χ1) is 12.3. The van der Waals surface area contributed by atoms with Crippen LogP contribution in [0.1, 0.15) is 31.1 Å². The lowest BCUT2D eigenvalue weighted by Crippen LogP contribution is -2.13. The van der Waals surface area contributed by atoms with Crippen LogP contribution in [-0.2, 0) is 14.3 Å². The molecule has 0 bridgehead atoms. The first-order valence-electron chi connectivity index (χ1n) is 7.69. The third kappa shape index (κ3) is 5.52. The minimum Gasteiger partial charge on any atom is -0.492 e. The van der Waals surface area contributed by atoms with Crippen LogP contribution in [0.2, 0.25) is 0 Å². The monoisotopic (exact) mass is 361 g/mol. The average molecular weight is 361 g/mol. The molecule has 0 aromatic heterocycles. The predicted octanol–water partition coefficient (Wildman–Crippen LogP) is 2.12. The lowest BCUT2D eigenvalue weighted by atomic mass is 10.1. The molecule has 0 saturated carbocycles. The highest BCUT2D eigenvalue weighted by atomic mass is 16.5. The van der Waals surface area contributed by atoms with Crippen molar-refractivity contribution in [2.45, 2.75) is 20.8 Å². The van der Waals surface area contributed by atoms with Gasteiger partial charge in [-0.3, -0.25) is 4.79 Å². The van der Waals surface area contributed by atoms with Gasteiger partial charge in [-0.05, 0) is 19.9 Å². The number of carbonyl (C=O) groups excluding carboxylic acids is 2. The van der Waals surface area contributed by atoms with Crippen LogP contribution in [0, 0.1) is 11.3 Å². The number of hydrogen-bond acceptors (Lipinski definition) is 7. The number of hydrogen-bond donors (Lipinski definition) is 3. The Balaban J connectivity index is 3.46. The number of aliphatic carboxylic acids is 1. The van der Waals surface area contributed by atoms with Crippen molar-refractivity contribution in [2.24, 2.45) is 0 Å². The zero-order valence-electron chi connectivity index (χ0n) is 14.6. The maximum Gasteiger partial charge on any atom is 0.347 e. The molecule has 1 aromatic rings. The van der Waals surface area contributed by atoms with Crippen molar-refractivity contribution in [1.82, 2.24) is 0 Å². The van der Waals surface area contributed by atoms with E-state index in [-0.39, 0.29) is 35.2 Å². The molecule has 9 nitrogen and oxygen atoms in total. The van der Waals surface area contributed by atoms with Gasteiger partial charge >= 0.3 is 11.9 Å². The first kappa shape index (κ1) is 20.5. The molecule has 0 spiro atoms. The van der Waals surface area contributed by atoms with E-state index in [1.165, 1.54) is 25.1 Å². The molecular formula is C17H19N3O6. The fourth-order valence-electron chi connectivity index (χ4n) is 1.93. The van der Waals surface area contributed by atoms with Crippen molar-refractivity contribution in [3.63, 3.8) is 0 Å². The molecular weight excluding hydrogens is 342 g/mol. The smallest absolute Gasteiger partial charge is 0.347 e. The van der Waals surface area contributed by atoms with Crippen molar-refractivity contribution in [3.05, 3.63) is 29.5 Å². The van der Waals surface area contributed by atoms with Crippen LogP contribution in [0.15, 0.2) is 23.9 Å². The zero-order valence-corrected chi connectivity index (χ0v) is 14.6. The van der Waals surface area contributed by atoms with E-state index in [4.69, 9.17) is 19.8 Å². The van der Waals surface area contributed by atoms with Gasteiger partial charge in [0.25, 0.3) is 0 Å². The number of nitrogens with one attached hydrogen (secondary N) is 2. The highest BCUT2D eigenvalue weighted by Crippen LogP contribution is 2.32. The molecule has 0 radical (unpaired) electrons. The molecule has 9 heteroatoms. The van der Waals surface area contributed by atoms with Gasteiger partial charge < -0.3 is 25.2 Å². The van der Waals surface area contributed by atoms with E-state index >= 15 is 0 Å². The summed E-state index contributed by atoms with van der Waals surface area (Å²) in [6, 6.07) is 4.28. The van der Waals surface area contributed by atoms with E-state index in [1.54, 1.807) is 13.8 Å². The molecule has 1 rings (SSSR count). The van der Waals surface area contributed by atoms with E-state index in [2.05, 4.69) is 10.6 Å². The normalized spacial score (nSPS) is 10.5. The summed E-state index contributed by atoms with van der Waals surface area (Å²) in [4.78, 5) is 34.5. The summed E-state index contributed by atoms with van der Waals surface area (Å²) in [5.41, 5.74) is -0.0904. The molecule has 1 aromatic carbocycles. The summed E-state index contributed by atoms with van der Waals surface area (Å²) in [5.74, 6) is -2.20. The third-order valence-electron chi connectivity index (χ3n) is 2.95. The lowest BCUT2D eigenvalue weighted by Gasteiger charge is -2.16. The second-order valence-corrected chi connectivity index (χ2v) is 4.85. The van der Waals surface area contributed by atoms with Gasteiger partial charge in [0, 0.05) is 19.2 Å². The predicted molar refractivity (Wildman–Crippen MR) is 92.8 cm³/mol. The van der Waals surface area contributed by atoms with E-state index < -0.39 is 17.5 Å². The van der Waals surface area contributed by atoms with Crippen LogP contribution in [-0.4, -0.2) is 36.2 Å². The molecule has 0 aliphatic heterocycles. The van der Waals surface area contributed by atoms with Gasteiger partial charge in [0.1, 0.15) is 11.8 Å². The van der Waals surface area contributed by atoms with Crippen LogP contribution in [0.4, 0.5) is 11.4 Å². The van der Waals surface area contributed by atoms with Crippen molar-refractivity contribution in [1.29, 1.82) is 5.26 Å². The van der Waals surface area contributed by atoms with E-state index in [9.17, 15) is 14.4 Å². The number of nitrogens with zero attached hydrogens (tertiary/aromatic N) is 1. The summed E-state index contributed by atoms with van der Waals surface area (Å²) < 4.78 is 10.4. The van der Waals surface area contributed by atoms with Gasteiger partial charge in [0.05, 0.1) is 30.2 Å². The van der Waals surface area contributed by atoms with Gasteiger partial charge in [-0.1, -0.05) is 0 Å². The summed E-state index contributed by atoms with van der Waals surface area (Å²) in [5, 5.41) is 22.9. The number of carbonyl (C=O) groups is 3. The Morgan fingerprint density at radius 2 is 1.92 bits per heavy atom. The van der Waals surface area contributed by atoms with Crippen LogP contribution >= 0.6 is 0 Å². The Hall–Kier alpha value is -3.54. The zero-order chi connectivity index (χ0) is 19.7. The number of carboxylic acid groups (broad SMARTS) is 1. The largest absolute Gasteiger partial charge is 0.492 e. The van der Waals surface area contributed by atoms with Gasteiger partial charge in [0.2, 0.25) is 5.91 Å². The van der Waals surface area contributed by atoms with Gasteiger partial charge in [-0.2, -0.15) is 5.26 Å². The molecule has 1 amide bonds. The number of ether oxygens (including phenoxy) is 2. The fraction of sp³-hybridized carbons (Fsp3) is 0.294. The van der Waals surface area contributed by atoms with E-state index in [0.717, 1.165) is 6.20 Å². The summed E-state index contributed by atoms with van der Waals surface area (Å²) in [6.45, 7) is 5.09. The summed E-state index contributed by atoms with van der Waals surface area (Å²) in [7, 11) is 0. The van der Waals surface area contributed by atoms with Crippen molar-refractivity contribution in [3.8, 4) is 11.8 Å². The van der Waals surface area contributed by atoms with Crippen molar-refractivity contribution < 1.29 is 29.0 Å². The number of benzene rings is 1.